The first kappa shape index (κ1) is 15.8. The van der Waals surface area contributed by atoms with Gasteiger partial charge in [-0.2, -0.15) is 0 Å². The summed E-state index contributed by atoms with van der Waals surface area (Å²) < 4.78 is 5.21. The Morgan fingerprint density at radius 3 is 2.75 bits per heavy atom. The number of amides is 1. The summed E-state index contributed by atoms with van der Waals surface area (Å²) in [6.45, 7) is 4.18. The van der Waals surface area contributed by atoms with E-state index in [2.05, 4.69) is 10.3 Å². The molecule has 2 aromatic rings. The van der Waals surface area contributed by atoms with Crippen molar-refractivity contribution in [2.75, 3.05) is 26.2 Å². The molecule has 1 aliphatic heterocycles. The van der Waals surface area contributed by atoms with Gasteiger partial charge in [-0.3, -0.25) is 9.69 Å². The van der Waals surface area contributed by atoms with Gasteiger partial charge < -0.3 is 9.32 Å². The third-order valence-electron chi connectivity index (χ3n) is 5.05. The summed E-state index contributed by atoms with van der Waals surface area (Å²) in [4.78, 5) is 21.4. The molecule has 2 fully saturated rings. The van der Waals surface area contributed by atoms with Crippen molar-refractivity contribution in [3.63, 3.8) is 0 Å². The molecule has 5 nitrogen and oxygen atoms in total. The van der Waals surface area contributed by atoms with E-state index < -0.39 is 0 Å². The predicted molar refractivity (Wildman–Crippen MR) is 93.2 cm³/mol. The second-order valence-corrected chi connectivity index (χ2v) is 7.59. The third-order valence-corrected chi connectivity index (χ3v) is 6.11. The van der Waals surface area contributed by atoms with Crippen LogP contribution in [0.25, 0.3) is 0 Å². The molecule has 0 unspecified atom stereocenters. The standard InChI is InChI=1S/C18H23N3O2S/c22-18(16-6-3-11-23-16)21-9-7-20(8-10-21)12-15-13-24-17(19-15)14-4-1-2-5-14/h3,6,11,13-14H,1-2,4-5,7-10,12H2. The van der Waals surface area contributed by atoms with Crippen LogP contribution < -0.4 is 0 Å². The van der Waals surface area contributed by atoms with Crippen LogP contribution in [0.1, 0.15) is 52.9 Å². The lowest BCUT2D eigenvalue weighted by Crippen LogP contribution is -2.48. The lowest BCUT2D eigenvalue weighted by molar-refractivity contribution is 0.0596. The summed E-state index contributed by atoms with van der Waals surface area (Å²) in [6.07, 6.45) is 6.87. The molecule has 2 aromatic heterocycles. The summed E-state index contributed by atoms with van der Waals surface area (Å²) in [5.41, 5.74) is 1.19. The van der Waals surface area contributed by atoms with Crippen LogP contribution in [0, 0.1) is 0 Å². The van der Waals surface area contributed by atoms with Crippen LogP contribution in [0.15, 0.2) is 28.2 Å². The molecule has 6 heteroatoms. The number of hydrogen-bond acceptors (Lipinski definition) is 5. The first-order valence-corrected chi connectivity index (χ1v) is 9.67. The molecule has 1 aliphatic carbocycles. The van der Waals surface area contributed by atoms with Crippen molar-refractivity contribution < 1.29 is 9.21 Å². The quantitative estimate of drug-likeness (QED) is 0.853. The Hall–Kier alpha value is -1.66. The fourth-order valence-corrected chi connectivity index (χ4v) is 4.63. The van der Waals surface area contributed by atoms with Crippen LogP contribution in [0.3, 0.4) is 0 Å². The van der Waals surface area contributed by atoms with Crippen molar-refractivity contribution in [1.82, 2.24) is 14.8 Å². The van der Waals surface area contributed by atoms with Gasteiger partial charge in [-0.1, -0.05) is 12.8 Å². The number of carbonyl (C=O) groups is 1. The Labute approximate surface area is 146 Å². The van der Waals surface area contributed by atoms with Gasteiger partial charge in [-0.15, -0.1) is 11.3 Å². The molecule has 4 rings (SSSR count). The molecule has 0 N–H and O–H groups in total. The van der Waals surface area contributed by atoms with Gasteiger partial charge in [0.15, 0.2) is 5.76 Å². The van der Waals surface area contributed by atoms with E-state index in [-0.39, 0.29) is 5.91 Å². The second-order valence-electron chi connectivity index (χ2n) is 6.70. The highest BCUT2D eigenvalue weighted by molar-refractivity contribution is 7.09. The number of carbonyl (C=O) groups excluding carboxylic acids is 1. The first-order valence-electron chi connectivity index (χ1n) is 8.79. The maximum atomic E-state index is 12.3. The molecule has 0 radical (unpaired) electrons. The minimum Gasteiger partial charge on any atom is -0.459 e. The molecule has 0 bridgehead atoms. The van der Waals surface area contributed by atoms with E-state index >= 15 is 0 Å². The van der Waals surface area contributed by atoms with E-state index in [0.717, 1.165) is 32.7 Å². The fourth-order valence-electron chi connectivity index (χ4n) is 3.65. The number of nitrogens with zero attached hydrogens (tertiary/aromatic N) is 3. The molecular formula is C18H23N3O2S. The van der Waals surface area contributed by atoms with Gasteiger partial charge in [0.1, 0.15) is 0 Å². The first-order chi connectivity index (χ1) is 11.8. The van der Waals surface area contributed by atoms with Crippen LogP contribution in [-0.2, 0) is 6.54 Å². The number of thiazole rings is 1. The minimum atomic E-state index is -0.00294. The largest absolute Gasteiger partial charge is 0.459 e. The van der Waals surface area contributed by atoms with E-state index in [9.17, 15) is 4.79 Å². The number of hydrogen-bond donors (Lipinski definition) is 0. The molecule has 1 saturated carbocycles. The normalized spacial score (nSPS) is 19.9. The average molecular weight is 345 g/mol. The highest BCUT2D eigenvalue weighted by Gasteiger charge is 2.25. The smallest absolute Gasteiger partial charge is 0.289 e. The van der Waals surface area contributed by atoms with E-state index in [1.54, 1.807) is 18.4 Å². The van der Waals surface area contributed by atoms with Gasteiger partial charge in [0.05, 0.1) is 17.0 Å². The van der Waals surface area contributed by atoms with Crippen LogP contribution >= 0.6 is 11.3 Å². The summed E-state index contributed by atoms with van der Waals surface area (Å²) in [6, 6.07) is 3.49. The molecule has 3 heterocycles. The Morgan fingerprint density at radius 1 is 1.25 bits per heavy atom. The molecule has 128 valence electrons. The van der Waals surface area contributed by atoms with Crippen molar-refractivity contribution in [2.24, 2.45) is 0 Å². The van der Waals surface area contributed by atoms with Crippen LogP contribution in [0.4, 0.5) is 0 Å². The van der Waals surface area contributed by atoms with Gasteiger partial charge in [0, 0.05) is 44.0 Å². The Bertz CT molecular complexity index is 668. The van der Waals surface area contributed by atoms with Gasteiger partial charge in [-0.25, -0.2) is 4.98 Å². The van der Waals surface area contributed by atoms with Gasteiger partial charge in [0.2, 0.25) is 0 Å². The van der Waals surface area contributed by atoms with E-state index in [4.69, 9.17) is 9.40 Å². The van der Waals surface area contributed by atoms with E-state index in [1.807, 2.05) is 16.2 Å². The zero-order chi connectivity index (χ0) is 16.4. The Balaban J connectivity index is 1.29. The van der Waals surface area contributed by atoms with Crippen molar-refractivity contribution >= 4 is 17.2 Å². The summed E-state index contributed by atoms with van der Waals surface area (Å²) in [5, 5.41) is 3.54. The molecule has 1 saturated heterocycles. The van der Waals surface area contributed by atoms with Crippen LogP contribution in [-0.4, -0.2) is 46.9 Å². The second kappa shape index (κ2) is 7.07. The van der Waals surface area contributed by atoms with E-state index in [0.29, 0.717) is 11.7 Å². The minimum absolute atomic E-state index is 0.00294. The lowest BCUT2D eigenvalue weighted by Gasteiger charge is -2.33. The van der Waals surface area contributed by atoms with E-state index in [1.165, 1.54) is 36.4 Å². The van der Waals surface area contributed by atoms with Gasteiger partial charge in [-0.05, 0) is 25.0 Å². The average Bonchev–Trinajstić information content (AvgIpc) is 3.36. The topological polar surface area (TPSA) is 49.6 Å². The number of aromatic nitrogens is 1. The zero-order valence-electron chi connectivity index (χ0n) is 13.8. The SMILES string of the molecule is O=C(c1ccco1)N1CCN(Cc2csc(C3CCCC3)n2)CC1. The third kappa shape index (κ3) is 3.39. The molecule has 0 aromatic carbocycles. The number of piperazine rings is 1. The zero-order valence-corrected chi connectivity index (χ0v) is 14.6. The van der Waals surface area contributed by atoms with Crippen molar-refractivity contribution in [2.45, 2.75) is 38.1 Å². The van der Waals surface area contributed by atoms with Crippen molar-refractivity contribution in [1.29, 1.82) is 0 Å². The number of furan rings is 1. The summed E-state index contributed by atoms with van der Waals surface area (Å²) in [7, 11) is 0. The molecule has 1 amide bonds. The highest BCUT2D eigenvalue weighted by atomic mass is 32.1. The van der Waals surface area contributed by atoms with Gasteiger partial charge >= 0.3 is 0 Å². The lowest BCUT2D eigenvalue weighted by atomic mass is 10.1. The van der Waals surface area contributed by atoms with Crippen molar-refractivity contribution in [3.8, 4) is 0 Å². The van der Waals surface area contributed by atoms with Crippen LogP contribution in [0.5, 0.6) is 0 Å². The maximum Gasteiger partial charge on any atom is 0.289 e. The Morgan fingerprint density at radius 2 is 2.04 bits per heavy atom. The molecule has 2 aliphatic rings. The summed E-state index contributed by atoms with van der Waals surface area (Å²) in [5.74, 6) is 1.13. The summed E-state index contributed by atoms with van der Waals surface area (Å²) >= 11 is 1.82. The monoisotopic (exact) mass is 345 g/mol. The van der Waals surface area contributed by atoms with Gasteiger partial charge in [0.25, 0.3) is 5.91 Å². The predicted octanol–water partition coefficient (Wildman–Crippen LogP) is 3.35. The molecule has 0 spiro atoms. The fraction of sp³-hybridized carbons (Fsp3) is 0.556. The highest BCUT2D eigenvalue weighted by Crippen LogP contribution is 2.35. The van der Waals surface area contributed by atoms with Crippen LogP contribution in [0.2, 0.25) is 0 Å². The molecule has 24 heavy (non-hydrogen) atoms. The Kier molecular flexibility index (Phi) is 4.67. The molecular weight excluding hydrogens is 322 g/mol. The maximum absolute atomic E-state index is 12.3. The number of rotatable bonds is 4. The molecule has 0 atom stereocenters. The van der Waals surface area contributed by atoms with Crippen molar-refractivity contribution in [3.05, 3.63) is 40.2 Å².